The zero-order chi connectivity index (χ0) is 40.7. The van der Waals surface area contributed by atoms with E-state index < -0.39 is 65.8 Å². The summed E-state index contributed by atoms with van der Waals surface area (Å²) in [6.45, 7) is 14.2. The van der Waals surface area contributed by atoms with Gasteiger partial charge in [0.05, 0.1) is 32.7 Å². The first kappa shape index (κ1) is 45.6. The van der Waals surface area contributed by atoms with E-state index in [-0.39, 0.29) is 45.7 Å². The Bertz CT molecular complexity index is 1510. The molecular weight excluding hydrogens is 698 g/mol. The van der Waals surface area contributed by atoms with E-state index in [0.717, 1.165) is 11.1 Å². The van der Waals surface area contributed by atoms with Crippen LogP contribution in [-0.4, -0.2) is 130 Å². The lowest BCUT2D eigenvalue weighted by Gasteiger charge is -2.35. The minimum atomic E-state index is -1.17. The standard InChI is InChI=1S/C40H59N3O11/c1-38(2,3)52-35(48)25-41(19-20-42(23-33(44)45)26-36(49)53-39(4,5)6)22-31(43(24-34(46)47)27-37(50)54-40(7,8)9)21-29-15-17-32(18-16-29)51-28-30-13-11-10-12-14-30/h10-18,31H,19-28H2,1-9H3,(H,44,45)(H,46,47). The number of aliphatic carboxylic acids is 2. The van der Waals surface area contributed by atoms with Gasteiger partial charge in [-0.3, -0.25) is 38.7 Å². The first-order chi connectivity index (χ1) is 25.0. The summed E-state index contributed by atoms with van der Waals surface area (Å²) in [4.78, 5) is 67.6. The highest BCUT2D eigenvalue weighted by Crippen LogP contribution is 2.19. The third-order valence-electron chi connectivity index (χ3n) is 7.36. The molecule has 2 rings (SSSR count). The molecule has 14 heteroatoms. The lowest BCUT2D eigenvalue weighted by Crippen LogP contribution is -2.52. The summed E-state index contributed by atoms with van der Waals surface area (Å²) >= 11 is 0. The van der Waals surface area contributed by atoms with Crippen molar-refractivity contribution in [2.75, 3.05) is 52.4 Å². The van der Waals surface area contributed by atoms with Crippen LogP contribution < -0.4 is 4.74 Å². The second-order valence-corrected chi connectivity index (χ2v) is 16.2. The van der Waals surface area contributed by atoms with Crippen LogP contribution in [-0.2, 0) is 51.2 Å². The van der Waals surface area contributed by atoms with Gasteiger partial charge in [-0.25, -0.2) is 0 Å². The fourth-order valence-electron chi connectivity index (χ4n) is 5.41. The molecule has 0 spiro atoms. The van der Waals surface area contributed by atoms with Gasteiger partial charge in [0, 0.05) is 25.7 Å². The highest BCUT2D eigenvalue weighted by molar-refractivity contribution is 5.75. The molecule has 0 bridgehead atoms. The molecule has 54 heavy (non-hydrogen) atoms. The van der Waals surface area contributed by atoms with Crippen molar-refractivity contribution in [2.24, 2.45) is 0 Å². The molecule has 0 aliphatic carbocycles. The van der Waals surface area contributed by atoms with E-state index in [9.17, 15) is 34.2 Å². The van der Waals surface area contributed by atoms with Gasteiger partial charge in [-0.1, -0.05) is 42.5 Å². The molecule has 0 aliphatic rings. The minimum absolute atomic E-state index is 0.0412. The third kappa shape index (κ3) is 20.6. The smallest absolute Gasteiger partial charge is 0.320 e. The molecule has 0 saturated carbocycles. The van der Waals surface area contributed by atoms with Crippen molar-refractivity contribution < 1.29 is 53.1 Å². The maximum absolute atomic E-state index is 13.2. The van der Waals surface area contributed by atoms with Crippen molar-refractivity contribution in [1.82, 2.24) is 14.7 Å². The van der Waals surface area contributed by atoms with Gasteiger partial charge in [0.25, 0.3) is 0 Å². The monoisotopic (exact) mass is 757 g/mol. The van der Waals surface area contributed by atoms with E-state index in [1.54, 1.807) is 67.2 Å². The minimum Gasteiger partial charge on any atom is -0.489 e. The second-order valence-electron chi connectivity index (χ2n) is 16.2. The summed E-state index contributed by atoms with van der Waals surface area (Å²) in [5.74, 6) is -3.49. The number of carbonyl (C=O) groups excluding carboxylic acids is 3. The van der Waals surface area contributed by atoms with Gasteiger partial charge in [-0.15, -0.1) is 0 Å². The molecule has 300 valence electrons. The Kier molecular flexibility index (Phi) is 17.6. The Labute approximate surface area is 319 Å². The molecular formula is C40H59N3O11. The molecule has 1 atom stereocenters. The lowest BCUT2D eigenvalue weighted by atomic mass is 10.0. The van der Waals surface area contributed by atoms with Crippen LogP contribution in [0.2, 0.25) is 0 Å². The number of carboxylic acids is 2. The van der Waals surface area contributed by atoms with E-state index in [4.69, 9.17) is 18.9 Å². The number of ether oxygens (including phenoxy) is 4. The van der Waals surface area contributed by atoms with E-state index in [1.165, 1.54) is 9.80 Å². The van der Waals surface area contributed by atoms with Crippen molar-refractivity contribution in [2.45, 2.75) is 98.2 Å². The van der Waals surface area contributed by atoms with Crippen LogP contribution in [0.25, 0.3) is 0 Å². The maximum Gasteiger partial charge on any atom is 0.320 e. The van der Waals surface area contributed by atoms with E-state index in [0.29, 0.717) is 12.4 Å². The predicted octanol–water partition coefficient (Wildman–Crippen LogP) is 4.28. The largest absolute Gasteiger partial charge is 0.489 e. The normalized spacial score (nSPS) is 12.7. The average Bonchev–Trinajstić information content (AvgIpc) is 2.99. The third-order valence-corrected chi connectivity index (χ3v) is 7.36. The van der Waals surface area contributed by atoms with Crippen molar-refractivity contribution in [1.29, 1.82) is 0 Å². The Morgan fingerprint density at radius 3 is 1.52 bits per heavy atom. The number of esters is 3. The van der Waals surface area contributed by atoms with Crippen LogP contribution in [0.5, 0.6) is 5.75 Å². The number of hydrogen-bond donors (Lipinski definition) is 2. The zero-order valence-corrected chi connectivity index (χ0v) is 33.3. The maximum atomic E-state index is 13.2. The predicted molar refractivity (Wildman–Crippen MR) is 202 cm³/mol. The van der Waals surface area contributed by atoms with E-state index in [1.807, 2.05) is 54.6 Å². The fourth-order valence-corrected chi connectivity index (χ4v) is 5.41. The quantitative estimate of drug-likeness (QED) is 0.137. The molecule has 0 saturated heterocycles. The van der Waals surface area contributed by atoms with E-state index >= 15 is 0 Å². The number of rotatable bonds is 21. The molecule has 0 heterocycles. The summed E-state index contributed by atoms with van der Waals surface area (Å²) in [5, 5.41) is 19.6. The average molecular weight is 758 g/mol. The molecule has 1 unspecified atom stereocenters. The van der Waals surface area contributed by atoms with Crippen LogP contribution in [0.4, 0.5) is 0 Å². The Morgan fingerprint density at radius 1 is 0.574 bits per heavy atom. The van der Waals surface area contributed by atoms with Crippen LogP contribution in [0.1, 0.15) is 73.4 Å². The Balaban J connectivity index is 2.47. The van der Waals surface area contributed by atoms with Crippen molar-refractivity contribution >= 4 is 29.8 Å². The van der Waals surface area contributed by atoms with Crippen molar-refractivity contribution in [3.8, 4) is 5.75 Å². The summed E-state index contributed by atoms with van der Waals surface area (Å²) in [6.07, 6.45) is 0.261. The van der Waals surface area contributed by atoms with Crippen LogP contribution in [0.15, 0.2) is 54.6 Å². The van der Waals surface area contributed by atoms with Gasteiger partial charge >= 0.3 is 29.8 Å². The topological polar surface area (TPSA) is 172 Å². The summed E-state index contributed by atoms with van der Waals surface area (Å²) < 4.78 is 22.5. The number of hydrogen-bond acceptors (Lipinski definition) is 12. The van der Waals surface area contributed by atoms with Crippen LogP contribution in [0.3, 0.4) is 0 Å². The van der Waals surface area contributed by atoms with Gasteiger partial charge in [0.1, 0.15) is 29.2 Å². The summed E-state index contributed by atoms with van der Waals surface area (Å²) in [5.41, 5.74) is -0.588. The molecule has 0 radical (unpaired) electrons. The Hall–Kier alpha value is -4.53. The van der Waals surface area contributed by atoms with Crippen molar-refractivity contribution in [3.05, 3.63) is 65.7 Å². The van der Waals surface area contributed by atoms with Gasteiger partial charge < -0.3 is 29.2 Å². The molecule has 0 aromatic heterocycles. The van der Waals surface area contributed by atoms with Gasteiger partial charge in [-0.05, 0) is 92.0 Å². The Morgan fingerprint density at radius 2 is 1.04 bits per heavy atom. The number of carbonyl (C=O) groups is 5. The van der Waals surface area contributed by atoms with Crippen LogP contribution >= 0.6 is 0 Å². The molecule has 14 nitrogen and oxygen atoms in total. The fraction of sp³-hybridized carbons (Fsp3) is 0.575. The van der Waals surface area contributed by atoms with Crippen LogP contribution in [0, 0.1) is 0 Å². The second kappa shape index (κ2) is 20.8. The highest BCUT2D eigenvalue weighted by atomic mass is 16.6. The summed E-state index contributed by atoms with van der Waals surface area (Å²) in [6, 6.07) is 16.4. The van der Waals surface area contributed by atoms with Gasteiger partial charge in [-0.2, -0.15) is 0 Å². The molecule has 0 amide bonds. The number of benzene rings is 2. The van der Waals surface area contributed by atoms with Gasteiger partial charge in [0.2, 0.25) is 0 Å². The zero-order valence-electron chi connectivity index (χ0n) is 33.3. The van der Waals surface area contributed by atoms with Gasteiger partial charge in [0.15, 0.2) is 0 Å². The molecule has 0 fully saturated rings. The summed E-state index contributed by atoms with van der Waals surface area (Å²) in [7, 11) is 0. The van der Waals surface area contributed by atoms with Crippen molar-refractivity contribution in [3.63, 3.8) is 0 Å². The first-order valence-electron chi connectivity index (χ1n) is 18.0. The molecule has 2 aromatic carbocycles. The lowest BCUT2D eigenvalue weighted by molar-refractivity contribution is -0.159. The first-order valence-corrected chi connectivity index (χ1v) is 18.0. The molecule has 0 aliphatic heterocycles. The van der Waals surface area contributed by atoms with E-state index in [2.05, 4.69) is 0 Å². The number of carboxylic acid groups (broad SMARTS) is 2. The molecule has 2 aromatic rings. The highest BCUT2D eigenvalue weighted by Gasteiger charge is 2.30. The molecule has 2 N–H and O–H groups in total. The number of nitrogens with zero attached hydrogens (tertiary/aromatic N) is 3. The SMILES string of the molecule is CC(C)(C)OC(=O)CN(CCN(CC(=O)OC(C)(C)C)CC(Cc1ccc(OCc2ccccc2)cc1)N(CC(=O)O)CC(=O)OC(C)(C)C)CC(=O)O.